The van der Waals surface area contributed by atoms with Gasteiger partial charge in [0.15, 0.2) is 23.0 Å². The number of rotatable bonds is 7. The van der Waals surface area contributed by atoms with E-state index in [0.717, 1.165) is 35.8 Å². The van der Waals surface area contributed by atoms with Crippen LogP contribution in [0.15, 0.2) is 24.3 Å². The number of hydrogen-bond acceptors (Lipinski definition) is 4. The molecule has 0 bridgehead atoms. The summed E-state index contributed by atoms with van der Waals surface area (Å²) in [5, 5.41) is 0. The molecule has 0 spiro atoms. The van der Waals surface area contributed by atoms with Gasteiger partial charge in [-0.3, -0.25) is 0 Å². The Morgan fingerprint density at radius 3 is 1.77 bits per heavy atom. The van der Waals surface area contributed by atoms with Crippen LogP contribution in [0.5, 0.6) is 23.0 Å². The normalized spacial score (nSPS) is 17.4. The molecular weight excluding hydrogens is 376 g/mol. The summed E-state index contributed by atoms with van der Waals surface area (Å²) >= 11 is 0. The van der Waals surface area contributed by atoms with Gasteiger partial charge in [0.05, 0.1) is 28.4 Å². The summed E-state index contributed by atoms with van der Waals surface area (Å²) in [6, 6.07) is 8.66. The predicted molar refractivity (Wildman–Crippen MR) is 122 cm³/mol. The summed E-state index contributed by atoms with van der Waals surface area (Å²) in [5.41, 5.74) is 5.28. The maximum atomic E-state index is 5.69. The topological polar surface area (TPSA) is 36.9 Å². The molecule has 1 unspecified atom stereocenters. The molecular formula is C26H36O4. The van der Waals surface area contributed by atoms with Gasteiger partial charge in [-0.05, 0) is 70.2 Å². The van der Waals surface area contributed by atoms with E-state index >= 15 is 0 Å². The standard InChI is InChI=1S/C26H36O4/c1-10-25(2,3)19-13-23(29-8)21(27-6)11-16(19)18-15-26(4,5)20-14-24(30-9)22(28-7)12-17(18)20/h11-14,18H,10,15H2,1-9H3. The van der Waals surface area contributed by atoms with E-state index in [1.54, 1.807) is 28.4 Å². The van der Waals surface area contributed by atoms with Gasteiger partial charge in [0.2, 0.25) is 0 Å². The maximum Gasteiger partial charge on any atom is 0.161 e. The van der Waals surface area contributed by atoms with E-state index in [-0.39, 0.29) is 16.7 Å². The van der Waals surface area contributed by atoms with Crippen molar-refractivity contribution in [1.29, 1.82) is 0 Å². The third-order valence-electron chi connectivity index (χ3n) is 6.92. The number of hydrogen-bond donors (Lipinski definition) is 0. The first-order chi connectivity index (χ1) is 14.1. The van der Waals surface area contributed by atoms with Crippen LogP contribution in [0.1, 0.15) is 75.6 Å². The zero-order chi connectivity index (χ0) is 22.3. The quantitative estimate of drug-likeness (QED) is 0.541. The molecule has 0 radical (unpaired) electrons. The minimum absolute atomic E-state index is 0.0122. The number of fused-ring (bicyclic) bond motifs is 1. The van der Waals surface area contributed by atoms with Crippen LogP contribution in [-0.4, -0.2) is 28.4 Å². The summed E-state index contributed by atoms with van der Waals surface area (Å²) in [4.78, 5) is 0. The molecule has 4 heteroatoms. The van der Waals surface area contributed by atoms with Gasteiger partial charge in [-0.15, -0.1) is 0 Å². The van der Waals surface area contributed by atoms with Crippen LogP contribution in [-0.2, 0) is 10.8 Å². The second kappa shape index (κ2) is 8.05. The highest BCUT2D eigenvalue weighted by Crippen LogP contribution is 2.54. The molecule has 0 saturated heterocycles. The molecule has 2 aromatic rings. The minimum Gasteiger partial charge on any atom is -0.493 e. The van der Waals surface area contributed by atoms with Crippen molar-refractivity contribution in [2.24, 2.45) is 0 Å². The Balaban J connectivity index is 2.29. The van der Waals surface area contributed by atoms with Gasteiger partial charge in [0, 0.05) is 5.92 Å². The highest BCUT2D eigenvalue weighted by atomic mass is 16.5. The van der Waals surface area contributed by atoms with Crippen molar-refractivity contribution < 1.29 is 18.9 Å². The Kier molecular flexibility index (Phi) is 5.99. The van der Waals surface area contributed by atoms with E-state index < -0.39 is 0 Å². The average molecular weight is 413 g/mol. The molecule has 164 valence electrons. The molecule has 3 rings (SSSR count). The fourth-order valence-electron chi connectivity index (χ4n) is 4.74. The Bertz CT molecular complexity index is 927. The summed E-state index contributed by atoms with van der Waals surface area (Å²) in [5.74, 6) is 3.36. The molecule has 0 heterocycles. The number of methoxy groups -OCH3 is 4. The lowest BCUT2D eigenvalue weighted by Crippen LogP contribution is -2.20. The fraction of sp³-hybridized carbons (Fsp3) is 0.538. The van der Waals surface area contributed by atoms with E-state index in [4.69, 9.17) is 18.9 Å². The van der Waals surface area contributed by atoms with Crippen molar-refractivity contribution in [3.05, 3.63) is 46.5 Å². The van der Waals surface area contributed by atoms with Crippen molar-refractivity contribution in [2.45, 2.75) is 64.2 Å². The second-order valence-corrected chi connectivity index (χ2v) is 9.47. The van der Waals surface area contributed by atoms with Gasteiger partial charge in [0.25, 0.3) is 0 Å². The van der Waals surface area contributed by atoms with Crippen LogP contribution in [0.2, 0.25) is 0 Å². The van der Waals surface area contributed by atoms with E-state index in [0.29, 0.717) is 0 Å². The summed E-state index contributed by atoms with van der Waals surface area (Å²) < 4.78 is 22.6. The molecule has 0 aliphatic heterocycles. The molecule has 0 saturated carbocycles. The molecule has 0 aromatic heterocycles. The first kappa shape index (κ1) is 22.3. The van der Waals surface area contributed by atoms with Gasteiger partial charge >= 0.3 is 0 Å². The molecule has 0 amide bonds. The van der Waals surface area contributed by atoms with Crippen LogP contribution in [0.4, 0.5) is 0 Å². The minimum atomic E-state index is 0.0122. The van der Waals surface area contributed by atoms with Crippen LogP contribution in [0, 0.1) is 0 Å². The third kappa shape index (κ3) is 3.61. The monoisotopic (exact) mass is 412 g/mol. The Labute approximate surface area is 181 Å². The maximum absolute atomic E-state index is 5.69. The molecule has 4 nitrogen and oxygen atoms in total. The van der Waals surface area contributed by atoms with Crippen molar-refractivity contribution in [2.75, 3.05) is 28.4 Å². The highest BCUT2D eigenvalue weighted by Gasteiger charge is 2.41. The predicted octanol–water partition coefficient (Wildman–Crippen LogP) is 6.22. The Hall–Kier alpha value is -2.36. The van der Waals surface area contributed by atoms with Gasteiger partial charge in [-0.1, -0.05) is 34.6 Å². The van der Waals surface area contributed by atoms with Gasteiger partial charge in [0.1, 0.15) is 0 Å². The fourth-order valence-corrected chi connectivity index (χ4v) is 4.74. The van der Waals surface area contributed by atoms with E-state index in [1.807, 2.05) is 0 Å². The largest absolute Gasteiger partial charge is 0.493 e. The molecule has 2 aromatic carbocycles. The number of ether oxygens (including phenoxy) is 4. The van der Waals surface area contributed by atoms with Crippen molar-refractivity contribution in [3.63, 3.8) is 0 Å². The second-order valence-electron chi connectivity index (χ2n) is 9.47. The Morgan fingerprint density at radius 1 is 0.800 bits per heavy atom. The van der Waals surface area contributed by atoms with E-state index in [9.17, 15) is 0 Å². The van der Waals surface area contributed by atoms with Crippen LogP contribution in [0.25, 0.3) is 0 Å². The van der Waals surface area contributed by atoms with Crippen LogP contribution >= 0.6 is 0 Å². The van der Waals surface area contributed by atoms with E-state index in [2.05, 4.69) is 58.9 Å². The first-order valence-electron chi connectivity index (χ1n) is 10.7. The zero-order valence-corrected chi connectivity index (χ0v) is 19.9. The van der Waals surface area contributed by atoms with Crippen molar-refractivity contribution >= 4 is 0 Å². The molecule has 30 heavy (non-hydrogen) atoms. The molecule has 1 aliphatic carbocycles. The lowest BCUT2D eigenvalue weighted by atomic mass is 9.75. The van der Waals surface area contributed by atoms with Crippen molar-refractivity contribution in [1.82, 2.24) is 0 Å². The summed E-state index contributed by atoms with van der Waals surface area (Å²) in [6.45, 7) is 11.5. The molecule has 1 aliphatic rings. The SMILES string of the molecule is CCC(C)(C)c1cc(OC)c(OC)cc1C1CC(C)(C)c2cc(OC)c(OC)cc21. The van der Waals surface area contributed by atoms with Crippen LogP contribution in [0.3, 0.4) is 0 Å². The van der Waals surface area contributed by atoms with Gasteiger partial charge in [-0.25, -0.2) is 0 Å². The van der Waals surface area contributed by atoms with Gasteiger partial charge < -0.3 is 18.9 Å². The summed E-state index contributed by atoms with van der Waals surface area (Å²) in [6.07, 6.45) is 2.05. The lowest BCUT2D eigenvalue weighted by molar-refractivity contribution is 0.351. The zero-order valence-electron chi connectivity index (χ0n) is 19.9. The first-order valence-corrected chi connectivity index (χ1v) is 10.7. The molecule has 1 atom stereocenters. The summed E-state index contributed by atoms with van der Waals surface area (Å²) in [7, 11) is 6.79. The average Bonchev–Trinajstić information content (AvgIpc) is 3.01. The Morgan fingerprint density at radius 2 is 1.27 bits per heavy atom. The third-order valence-corrected chi connectivity index (χ3v) is 6.92. The van der Waals surface area contributed by atoms with Crippen molar-refractivity contribution in [3.8, 4) is 23.0 Å². The smallest absolute Gasteiger partial charge is 0.161 e. The lowest BCUT2D eigenvalue weighted by Gasteiger charge is -2.30. The molecule has 0 N–H and O–H groups in total. The van der Waals surface area contributed by atoms with Crippen LogP contribution < -0.4 is 18.9 Å². The molecule has 0 fully saturated rings. The highest BCUT2D eigenvalue weighted by molar-refractivity contribution is 5.59. The van der Waals surface area contributed by atoms with Gasteiger partial charge in [-0.2, -0.15) is 0 Å². The van der Waals surface area contributed by atoms with E-state index in [1.165, 1.54) is 22.3 Å². The number of benzene rings is 2.